The van der Waals surface area contributed by atoms with Crippen molar-refractivity contribution in [2.45, 2.75) is 6.92 Å². The quantitative estimate of drug-likeness (QED) is 0.862. The van der Waals surface area contributed by atoms with Crippen LogP contribution in [0.2, 0.25) is 0 Å². The van der Waals surface area contributed by atoms with Gasteiger partial charge in [-0.25, -0.2) is 4.79 Å². The number of hydrogen-bond acceptors (Lipinski definition) is 6. The molecule has 0 aliphatic heterocycles. The minimum atomic E-state index is -0.708. The Bertz CT molecular complexity index is 656. The highest BCUT2D eigenvalue weighted by Crippen LogP contribution is 2.21. The second-order valence-corrected chi connectivity index (χ2v) is 3.79. The van der Waals surface area contributed by atoms with Crippen molar-refractivity contribution < 1.29 is 23.8 Å². The monoisotopic (exact) mass is 276 g/mol. The lowest BCUT2D eigenvalue weighted by molar-refractivity contribution is 0.0486. The summed E-state index contributed by atoms with van der Waals surface area (Å²) in [4.78, 5) is 23.2. The highest BCUT2D eigenvalue weighted by atomic mass is 16.5. The number of carbonyl (C=O) groups excluding carboxylic acids is 1. The number of carbonyl (C=O) groups is 1. The maximum atomic E-state index is 11.8. The van der Waals surface area contributed by atoms with Crippen LogP contribution in [0.25, 0.3) is 0 Å². The number of phenolic OH excluding ortho intramolecular Hbond substituents is 1. The van der Waals surface area contributed by atoms with Crippen LogP contribution < -0.4 is 10.2 Å². The molecular formula is C14H12O6. The number of phenols is 1. The Labute approximate surface area is 114 Å². The minimum absolute atomic E-state index is 0.0660. The Morgan fingerprint density at radius 3 is 2.60 bits per heavy atom. The third kappa shape index (κ3) is 3.17. The summed E-state index contributed by atoms with van der Waals surface area (Å²) in [6, 6.07) is 6.84. The largest absolute Gasteiger partial charge is 0.508 e. The normalized spacial score (nSPS) is 10.1. The Hall–Kier alpha value is -2.76. The maximum Gasteiger partial charge on any atom is 0.374 e. The van der Waals surface area contributed by atoms with Gasteiger partial charge in [-0.05, 0) is 31.2 Å². The van der Waals surface area contributed by atoms with Crippen LogP contribution in [0, 0.1) is 0 Å². The number of esters is 1. The van der Waals surface area contributed by atoms with E-state index in [0.29, 0.717) is 5.75 Å². The minimum Gasteiger partial charge on any atom is -0.508 e. The van der Waals surface area contributed by atoms with E-state index in [0.717, 1.165) is 12.3 Å². The lowest BCUT2D eigenvalue weighted by Crippen LogP contribution is -2.10. The molecule has 0 fully saturated rings. The first-order valence-electron chi connectivity index (χ1n) is 5.87. The zero-order valence-electron chi connectivity index (χ0n) is 10.7. The summed E-state index contributed by atoms with van der Waals surface area (Å²) in [7, 11) is 0. The first-order chi connectivity index (χ1) is 9.60. The van der Waals surface area contributed by atoms with Gasteiger partial charge in [0.2, 0.25) is 16.9 Å². The van der Waals surface area contributed by atoms with Crippen LogP contribution in [-0.2, 0) is 4.74 Å². The molecule has 2 rings (SSSR count). The van der Waals surface area contributed by atoms with Crippen molar-refractivity contribution in [3.8, 4) is 17.2 Å². The van der Waals surface area contributed by atoms with E-state index in [-0.39, 0.29) is 23.9 Å². The molecule has 0 atom stereocenters. The van der Waals surface area contributed by atoms with Gasteiger partial charge in [-0.1, -0.05) is 0 Å². The second kappa shape index (κ2) is 5.92. The maximum absolute atomic E-state index is 11.8. The Morgan fingerprint density at radius 1 is 1.30 bits per heavy atom. The molecule has 0 spiro atoms. The molecule has 0 unspecified atom stereocenters. The Kier molecular flexibility index (Phi) is 4.05. The average molecular weight is 276 g/mol. The van der Waals surface area contributed by atoms with Crippen molar-refractivity contribution in [1.29, 1.82) is 0 Å². The number of ether oxygens (including phenoxy) is 2. The first-order valence-corrected chi connectivity index (χ1v) is 5.87. The van der Waals surface area contributed by atoms with Gasteiger partial charge in [-0.15, -0.1) is 0 Å². The van der Waals surface area contributed by atoms with E-state index in [9.17, 15) is 9.59 Å². The van der Waals surface area contributed by atoms with E-state index in [1.54, 1.807) is 6.92 Å². The molecule has 1 aromatic heterocycles. The van der Waals surface area contributed by atoms with Crippen LogP contribution >= 0.6 is 0 Å². The topological polar surface area (TPSA) is 86.0 Å². The predicted molar refractivity (Wildman–Crippen MR) is 69.1 cm³/mol. The van der Waals surface area contributed by atoms with Gasteiger partial charge in [-0.3, -0.25) is 4.79 Å². The second-order valence-electron chi connectivity index (χ2n) is 3.79. The molecule has 0 saturated carbocycles. The van der Waals surface area contributed by atoms with E-state index < -0.39 is 11.4 Å². The van der Waals surface area contributed by atoms with E-state index in [1.165, 1.54) is 24.3 Å². The molecule has 1 heterocycles. The molecule has 0 aliphatic rings. The highest BCUT2D eigenvalue weighted by Gasteiger charge is 2.13. The number of benzene rings is 1. The van der Waals surface area contributed by atoms with Gasteiger partial charge in [0.1, 0.15) is 17.8 Å². The summed E-state index contributed by atoms with van der Waals surface area (Å²) in [5, 5.41) is 9.14. The van der Waals surface area contributed by atoms with Crippen LogP contribution in [0.15, 0.2) is 45.8 Å². The zero-order chi connectivity index (χ0) is 14.5. The van der Waals surface area contributed by atoms with Crippen molar-refractivity contribution in [2.24, 2.45) is 0 Å². The summed E-state index contributed by atoms with van der Waals surface area (Å²) in [5.41, 5.74) is -0.507. The van der Waals surface area contributed by atoms with Gasteiger partial charge in [0.15, 0.2) is 0 Å². The first kappa shape index (κ1) is 13.7. The molecule has 1 N–H and O–H groups in total. The summed E-state index contributed by atoms with van der Waals surface area (Å²) < 4.78 is 15.0. The van der Waals surface area contributed by atoms with E-state index >= 15 is 0 Å². The van der Waals surface area contributed by atoms with Crippen molar-refractivity contribution in [3.63, 3.8) is 0 Å². The van der Waals surface area contributed by atoms with Crippen LogP contribution in [0.3, 0.4) is 0 Å². The van der Waals surface area contributed by atoms with Gasteiger partial charge in [0.05, 0.1) is 6.61 Å². The van der Waals surface area contributed by atoms with Gasteiger partial charge in [0.25, 0.3) is 0 Å². The van der Waals surface area contributed by atoms with Gasteiger partial charge in [0, 0.05) is 6.07 Å². The number of hydrogen-bond donors (Lipinski definition) is 1. The van der Waals surface area contributed by atoms with Gasteiger partial charge in [-0.2, -0.15) is 0 Å². The Morgan fingerprint density at radius 2 is 2.00 bits per heavy atom. The van der Waals surface area contributed by atoms with Crippen LogP contribution in [-0.4, -0.2) is 17.7 Å². The van der Waals surface area contributed by atoms with Crippen molar-refractivity contribution in [1.82, 2.24) is 0 Å². The lowest BCUT2D eigenvalue weighted by Gasteiger charge is -2.05. The molecule has 0 amide bonds. The van der Waals surface area contributed by atoms with Gasteiger partial charge < -0.3 is 19.0 Å². The molecule has 0 aliphatic carbocycles. The standard InChI is InChI=1S/C14H12O6/c1-2-18-14(17)12-7-11(16)13(8-19-12)20-10-5-3-9(15)4-6-10/h3-8,15H,2H2,1H3. The smallest absolute Gasteiger partial charge is 0.374 e. The van der Waals surface area contributed by atoms with Crippen LogP contribution in [0.5, 0.6) is 17.2 Å². The molecule has 0 bridgehead atoms. The van der Waals surface area contributed by atoms with Crippen molar-refractivity contribution >= 4 is 5.97 Å². The molecule has 0 radical (unpaired) electrons. The molecule has 20 heavy (non-hydrogen) atoms. The zero-order valence-corrected chi connectivity index (χ0v) is 10.7. The fourth-order valence-electron chi connectivity index (χ4n) is 1.42. The molecule has 6 heteroatoms. The Balaban J connectivity index is 2.20. The van der Waals surface area contributed by atoms with Crippen molar-refractivity contribution in [3.05, 3.63) is 52.6 Å². The van der Waals surface area contributed by atoms with Crippen LogP contribution in [0.1, 0.15) is 17.5 Å². The van der Waals surface area contributed by atoms with E-state index in [1.807, 2.05) is 0 Å². The molecule has 2 aromatic rings. The molecule has 104 valence electrons. The summed E-state index contributed by atoms with van der Waals surface area (Å²) in [6.45, 7) is 1.84. The summed E-state index contributed by atoms with van der Waals surface area (Å²) in [5.74, 6) is -0.513. The molecular weight excluding hydrogens is 264 g/mol. The summed E-state index contributed by atoms with van der Waals surface area (Å²) in [6.07, 6.45) is 1.04. The number of aromatic hydroxyl groups is 1. The third-order valence-corrected chi connectivity index (χ3v) is 2.34. The third-order valence-electron chi connectivity index (χ3n) is 2.34. The predicted octanol–water partition coefficient (Wildman–Crippen LogP) is 2.31. The van der Waals surface area contributed by atoms with Crippen LogP contribution in [0.4, 0.5) is 0 Å². The van der Waals surface area contributed by atoms with Gasteiger partial charge >= 0.3 is 5.97 Å². The van der Waals surface area contributed by atoms with E-state index in [4.69, 9.17) is 19.0 Å². The summed E-state index contributed by atoms with van der Waals surface area (Å²) >= 11 is 0. The average Bonchev–Trinajstić information content (AvgIpc) is 2.43. The lowest BCUT2D eigenvalue weighted by atomic mass is 10.3. The molecule has 6 nitrogen and oxygen atoms in total. The van der Waals surface area contributed by atoms with Crippen molar-refractivity contribution in [2.75, 3.05) is 6.61 Å². The van der Waals surface area contributed by atoms with E-state index in [2.05, 4.69) is 0 Å². The SMILES string of the molecule is CCOC(=O)c1cc(=O)c(Oc2ccc(O)cc2)co1. The molecule has 0 saturated heterocycles. The molecule has 1 aromatic carbocycles. The highest BCUT2D eigenvalue weighted by molar-refractivity contribution is 5.86. The fraction of sp³-hybridized carbons (Fsp3) is 0.143. The number of rotatable bonds is 4. The fourth-order valence-corrected chi connectivity index (χ4v) is 1.42.